The molecule has 120 valence electrons. The Labute approximate surface area is 126 Å². The second-order valence-corrected chi connectivity index (χ2v) is 6.43. The Hall–Kier alpha value is -1.30. The lowest BCUT2D eigenvalue weighted by atomic mass is 10.1. The Bertz CT molecular complexity index is 382. The summed E-state index contributed by atoms with van der Waals surface area (Å²) in [5, 5.41) is 8.85. The molecule has 1 aliphatic heterocycles. The quantitative estimate of drug-likeness (QED) is 0.811. The van der Waals surface area contributed by atoms with E-state index in [4.69, 9.17) is 9.84 Å². The summed E-state index contributed by atoms with van der Waals surface area (Å²) in [7, 11) is 0. The average Bonchev–Trinajstić information content (AvgIpc) is 3.22. The molecule has 1 saturated heterocycles. The minimum atomic E-state index is -0.881. The van der Waals surface area contributed by atoms with E-state index in [-0.39, 0.29) is 18.6 Å². The number of ether oxygens (including phenoxy) is 1. The first-order chi connectivity index (χ1) is 9.97. The maximum absolute atomic E-state index is 12.7. The van der Waals surface area contributed by atoms with Crippen LogP contribution in [0.4, 0.5) is 4.79 Å². The van der Waals surface area contributed by atoms with Gasteiger partial charge in [0.2, 0.25) is 0 Å². The second-order valence-electron chi connectivity index (χ2n) is 6.43. The minimum absolute atomic E-state index is 0.0425. The molecule has 1 heterocycles. The Balaban J connectivity index is 1.91. The van der Waals surface area contributed by atoms with Crippen LogP contribution >= 0.6 is 0 Å². The van der Waals surface area contributed by atoms with Crippen LogP contribution in [0.3, 0.4) is 0 Å². The van der Waals surface area contributed by atoms with Crippen LogP contribution in [0, 0.1) is 5.92 Å². The third-order valence-corrected chi connectivity index (χ3v) is 3.99. The van der Waals surface area contributed by atoms with Gasteiger partial charge in [-0.05, 0) is 25.2 Å². The summed E-state index contributed by atoms with van der Waals surface area (Å²) in [6.07, 6.45) is 2.76. The summed E-state index contributed by atoms with van der Waals surface area (Å²) in [4.78, 5) is 27.2. The Morgan fingerprint density at radius 1 is 1.38 bits per heavy atom. The van der Waals surface area contributed by atoms with Gasteiger partial charge in [0.15, 0.2) is 0 Å². The molecule has 1 aliphatic carbocycles. The molecule has 2 amide bonds. The molecule has 6 nitrogen and oxygen atoms in total. The minimum Gasteiger partial charge on any atom is -0.481 e. The Kier molecular flexibility index (Phi) is 5.45. The fraction of sp³-hybridized carbons (Fsp3) is 0.867. The molecule has 1 saturated carbocycles. The lowest BCUT2D eigenvalue weighted by molar-refractivity contribution is -0.141. The summed E-state index contributed by atoms with van der Waals surface area (Å²) < 4.78 is 5.43. The van der Waals surface area contributed by atoms with Crippen molar-refractivity contribution in [3.63, 3.8) is 0 Å². The van der Waals surface area contributed by atoms with Gasteiger partial charge >= 0.3 is 12.0 Å². The highest BCUT2D eigenvalue weighted by molar-refractivity contribution is 5.75. The first-order valence-electron chi connectivity index (χ1n) is 7.86. The molecule has 0 aromatic carbocycles. The molecular formula is C15H26N2O4. The van der Waals surface area contributed by atoms with Crippen LogP contribution in [0.25, 0.3) is 0 Å². The number of nitrogens with zero attached hydrogens (tertiary/aromatic N) is 2. The summed E-state index contributed by atoms with van der Waals surface area (Å²) >= 11 is 0. The molecule has 0 spiro atoms. The number of carboxylic acid groups (broad SMARTS) is 1. The van der Waals surface area contributed by atoms with Gasteiger partial charge in [-0.2, -0.15) is 0 Å². The van der Waals surface area contributed by atoms with Crippen LogP contribution in [-0.4, -0.2) is 65.3 Å². The number of carbonyl (C=O) groups excluding carboxylic acids is 1. The van der Waals surface area contributed by atoms with Crippen molar-refractivity contribution in [1.29, 1.82) is 0 Å². The van der Waals surface area contributed by atoms with Gasteiger partial charge in [-0.25, -0.2) is 4.79 Å². The van der Waals surface area contributed by atoms with Crippen LogP contribution < -0.4 is 0 Å². The largest absolute Gasteiger partial charge is 0.481 e. The third kappa shape index (κ3) is 4.88. The molecule has 2 rings (SSSR count). The first kappa shape index (κ1) is 16.1. The third-order valence-electron chi connectivity index (χ3n) is 3.99. The molecule has 0 bridgehead atoms. The summed E-state index contributed by atoms with van der Waals surface area (Å²) in [5.74, 6) is -0.309. The van der Waals surface area contributed by atoms with E-state index in [9.17, 15) is 9.59 Å². The first-order valence-corrected chi connectivity index (χ1v) is 7.86. The van der Waals surface area contributed by atoms with Gasteiger partial charge in [0.05, 0.1) is 19.1 Å². The predicted molar refractivity (Wildman–Crippen MR) is 78.1 cm³/mol. The van der Waals surface area contributed by atoms with E-state index in [0.29, 0.717) is 31.7 Å². The molecule has 0 aromatic heterocycles. The molecule has 1 unspecified atom stereocenters. The van der Waals surface area contributed by atoms with Gasteiger partial charge in [-0.3, -0.25) is 4.79 Å². The molecule has 1 atom stereocenters. The van der Waals surface area contributed by atoms with Crippen LogP contribution in [0.15, 0.2) is 0 Å². The number of hydrogen-bond acceptors (Lipinski definition) is 3. The van der Waals surface area contributed by atoms with Crippen LogP contribution in [0.1, 0.15) is 39.5 Å². The molecule has 1 N–H and O–H groups in total. The van der Waals surface area contributed by atoms with Crippen LogP contribution in [0.2, 0.25) is 0 Å². The van der Waals surface area contributed by atoms with Crippen LogP contribution in [-0.2, 0) is 9.53 Å². The normalized spacial score (nSPS) is 22.4. The average molecular weight is 298 g/mol. The van der Waals surface area contributed by atoms with Crippen molar-refractivity contribution >= 4 is 12.0 Å². The van der Waals surface area contributed by atoms with Crippen molar-refractivity contribution < 1.29 is 19.4 Å². The fourth-order valence-electron chi connectivity index (χ4n) is 2.61. The van der Waals surface area contributed by atoms with Crippen molar-refractivity contribution in [2.24, 2.45) is 5.92 Å². The number of morpholine rings is 1. The maximum Gasteiger partial charge on any atom is 0.320 e. The maximum atomic E-state index is 12.7. The second kappa shape index (κ2) is 7.11. The zero-order valence-corrected chi connectivity index (χ0v) is 13.0. The summed E-state index contributed by atoms with van der Waals surface area (Å²) in [5.41, 5.74) is 0. The van der Waals surface area contributed by atoms with E-state index in [2.05, 4.69) is 13.8 Å². The van der Waals surface area contributed by atoms with E-state index < -0.39 is 5.97 Å². The molecular weight excluding hydrogens is 272 g/mol. The molecule has 0 radical (unpaired) electrons. The monoisotopic (exact) mass is 298 g/mol. The van der Waals surface area contributed by atoms with Gasteiger partial charge in [0, 0.05) is 25.7 Å². The zero-order valence-electron chi connectivity index (χ0n) is 13.0. The lowest BCUT2D eigenvalue weighted by Gasteiger charge is -2.36. The molecule has 2 aliphatic rings. The van der Waals surface area contributed by atoms with Gasteiger partial charge in [-0.15, -0.1) is 0 Å². The van der Waals surface area contributed by atoms with Crippen molar-refractivity contribution in [2.75, 3.05) is 26.2 Å². The van der Waals surface area contributed by atoms with Crippen LogP contribution in [0.5, 0.6) is 0 Å². The van der Waals surface area contributed by atoms with Crippen molar-refractivity contribution in [3.8, 4) is 0 Å². The van der Waals surface area contributed by atoms with E-state index in [1.165, 1.54) is 0 Å². The van der Waals surface area contributed by atoms with E-state index in [0.717, 1.165) is 25.8 Å². The van der Waals surface area contributed by atoms with E-state index >= 15 is 0 Å². The highest BCUT2D eigenvalue weighted by atomic mass is 16.5. The SMILES string of the molecule is CC(C)CCN(C(=O)N1CCOC(CC(=O)O)C1)C1CC1. The van der Waals surface area contributed by atoms with Gasteiger partial charge in [0.1, 0.15) is 0 Å². The molecule has 2 fully saturated rings. The number of carboxylic acids is 1. The number of urea groups is 1. The molecule has 21 heavy (non-hydrogen) atoms. The topological polar surface area (TPSA) is 70.1 Å². The highest BCUT2D eigenvalue weighted by Gasteiger charge is 2.36. The standard InChI is InChI=1S/C15H26N2O4/c1-11(2)5-6-17(12-3-4-12)15(20)16-7-8-21-13(10-16)9-14(18)19/h11-13H,3-10H2,1-2H3,(H,18,19). The summed E-state index contributed by atoms with van der Waals surface area (Å²) in [6.45, 7) is 6.48. The van der Waals surface area contributed by atoms with Crippen molar-refractivity contribution in [1.82, 2.24) is 9.80 Å². The van der Waals surface area contributed by atoms with Gasteiger partial charge in [-0.1, -0.05) is 13.8 Å². The number of amides is 2. The lowest BCUT2D eigenvalue weighted by Crippen LogP contribution is -2.52. The number of hydrogen-bond donors (Lipinski definition) is 1. The van der Waals surface area contributed by atoms with E-state index in [1.807, 2.05) is 4.90 Å². The van der Waals surface area contributed by atoms with Crippen molar-refractivity contribution in [2.45, 2.75) is 51.7 Å². The zero-order chi connectivity index (χ0) is 15.4. The van der Waals surface area contributed by atoms with Gasteiger partial charge < -0.3 is 19.6 Å². The smallest absolute Gasteiger partial charge is 0.320 e. The number of aliphatic carboxylic acids is 1. The Morgan fingerprint density at radius 3 is 2.67 bits per heavy atom. The predicted octanol–water partition coefficient (Wildman–Crippen LogP) is 1.79. The summed E-state index contributed by atoms with van der Waals surface area (Å²) in [6, 6.07) is 0.439. The van der Waals surface area contributed by atoms with E-state index in [1.54, 1.807) is 4.90 Å². The fourth-order valence-corrected chi connectivity index (χ4v) is 2.61. The number of rotatable bonds is 6. The number of carbonyl (C=O) groups is 2. The Morgan fingerprint density at radius 2 is 2.10 bits per heavy atom. The molecule has 0 aromatic rings. The van der Waals surface area contributed by atoms with Crippen molar-refractivity contribution in [3.05, 3.63) is 0 Å². The molecule has 6 heteroatoms. The van der Waals surface area contributed by atoms with Gasteiger partial charge in [0.25, 0.3) is 0 Å². The highest BCUT2D eigenvalue weighted by Crippen LogP contribution is 2.29.